The third kappa shape index (κ3) is 7.95. The van der Waals surface area contributed by atoms with E-state index < -0.39 is 20.0 Å². The maximum atomic E-state index is 12.5. The third-order valence-electron chi connectivity index (χ3n) is 7.74. The molecule has 0 N–H and O–H groups in total. The third-order valence-corrected chi connectivity index (χ3v) is 12.3. The topological polar surface area (TPSA) is 101 Å². The van der Waals surface area contributed by atoms with Crippen molar-refractivity contribution in [1.82, 2.24) is 19.7 Å². The Morgan fingerprint density at radius 1 is 0.909 bits per heavy atom. The first-order chi connectivity index (χ1) is 20.6. The van der Waals surface area contributed by atoms with Gasteiger partial charge in [-0.15, -0.1) is 0 Å². The highest BCUT2D eigenvalue weighted by atomic mass is 28.4. The number of methoxy groups -OCH3 is 2. The summed E-state index contributed by atoms with van der Waals surface area (Å²) in [6, 6.07) is 11.9. The van der Waals surface area contributed by atoms with Crippen LogP contribution in [-0.4, -0.2) is 67.1 Å². The highest BCUT2D eigenvalue weighted by Gasteiger charge is 2.36. The van der Waals surface area contributed by atoms with Crippen LogP contribution in [0.2, 0.25) is 18.1 Å². The molecule has 0 radical (unpaired) electrons. The lowest BCUT2D eigenvalue weighted by Gasteiger charge is -2.36. The van der Waals surface area contributed by atoms with Crippen LogP contribution in [0.5, 0.6) is 11.5 Å². The lowest BCUT2D eigenvalue weighted by atomic mass is 10.1. The van der Waals surface area contributed by atoms with Crippen molar-refractivity contribution in [2.75, 3.05) is 32.3 Å². The Hall–Kier alpha value is -3.96. The molecular formula is C33H45N5O5Si. The van der Waals surface area contributed by atoms with Crippen molar-refractivity contribution in [2.45, 2.75) is 71.7 Å². The fourth-order valence-corrected chi connectivity index (χ4v) is 5.38. The van der Waals surface area contributed by atoms with Crippen LogP contribution in [-0.2, 0) is 9.16 Å². The monoisotopic (exact) mass is 619 g/mol. The van der Waals surface area contributed by atoms with Gasteiger partial charge in [-0.2, -0.15) is 9.78 Å². The molecular weight excluding hydrogens is 574 g/mol. The fourth-order valence-electron chi connectivity index (χ4n) is 4.29. The molecule has 0 saturated heterocycles. The summed E-state index contributed by atoms with van der Waals surface area (Å²) < 4.78 is 24.3. The number of carbonyl (C=O) groups is 1. The van der Waals surface area contributed by atoms with Gasteiger partial charge < -0.3 is 23.5 Å². The van der Waals surface area contributed by atoms with E-state index in [-0.39, 0.29) is 5.04 Å². The number of carbonyl (C=O) groups excluding carboxylic acids is 1. The van der Waals surface area contributed by atoms with Crippen molar-refractivity contribution in [3.8, 4) is 22.8 Å². The van der Waals surface area contributed by atoms with E-state index in [0.717, 1.165) is 23.3 Å². The minimum atomic E-state index is -1.87. The zero-order valence-electron chi connectivity index (χ0n) is 27.6. The van der Waals surface area contributed by atoms with Crippen LogP contribution >= 0.6 is 0 Å². The van der Waals surface area contributed by atoms with Gasteiger partial charge in [0.2, 0.25) is 0 Å². The van der Waals surface area contributed by atoms with Gasteiger partial charge in [-0.3, -0.25) is 4.98 Å². The van der Waals surface area contributed by atoms with Gasteiger partial charge in [0.25, 0.3) is 0 Å². The van der Waals surface area contributed by atoms with Crippen LogP contribution in [0.25, 0.3) is 22.3 Å². The van der Waals surface area contributed by atoms with Crippen molar-refractivity contribution in [1.29, 1.82) is 0 Å². The number of anilines is 2. The predicted octanol–water partition coefficient (Wildman–Crippen LogP) is 7.84. The van der Waals surface area contributed by atoms with E-state index in [1.165, 1.54) is 4.68 Å². The van der Waals surface area contributed by atoms with E-state index in [9.17, 15) is 4.79 Å². The second-order valence-electron chi connectivity index (χ2n) is 13.3. The Morgan fingerprint density at radius 2 is 1.59 bits per heavy atom. The molecule has 0 spiro atoms. The van der Waals surface area contributed by atoms with Gasteiger partial charge in [0.15, 0.2) is 8.32 Å². The zero-order valence-corrected chi connectivity index (χ0v) is 28.6. The van der Waals surface area contributed by atoms with Gasteiger partial charge in [0.05, 0.1) is 43.3 Å². The number of ether oxygens (including phenoxy) is 3. The molecule has 0 atom stereocenters. The molecule has 2 aromatic heterocycles. The van der Waals surface area contributed by atoms with Crippen LogP contribution in [0.3, 0.4) is 0 Å². The lowest BCUT2D eigenvalue weighted by molar-refractivity contribution is 0.0514. The zero-order chi connectivity index (χ0) is 32.3. The van der Waals surface area contributed by atoms with Gasteiger partial charge >= 0.3 is 6.09 Å². The molecule has 2 heterocycles. The van der Waals surface area contributed by atoms with E-state index in [4.69, 9.17) is 23.6 Å². The molecule has 11 heteroatoms. The smallest absolute Gasteiger partial charge is 0.435 e. The van der Waals surface area contributed by atoms with Gasteiger partial charge in [0.1, 0.15) is 17.1 Å². The summed E-state index contributed by atoms with van der Waals surface area (Å²) in [5, 5.41) is 4.33. The molecule has 0 unspecified atom stereocenters. The Labute approximate surface area is 261 Å². The Balaban J connectivity index is 1.66. The molecule has 44 heavy (non-hydrogen) atoms. The van der Waals surface area contributed by atoms with E-state index in [2.05, 4.69) is 48.8 Å². The standard InChI is InChI=1S/C33H45N5O5Si/c1-32(2,3)43-31(39)38-22-23(20-35-38)30-21-34-28-13-12-24(18-29(28)36-30)37(14-11-15-42-44(9,10)33(4,5)6)25-16-26(40-7)19-27(17-25)41-8/h12-13,16-22H,11,14-15H2,1-10H3. The Kier molecular flexibility index (Phi) is 9.70. The number of nitrogens with zero attached hydrogens (tertiary/aromatic N) is 5. The molecule has 0 aliphatic heterocycles. The first kappa shape index (κ1) is 32.9. The molecule has 0 fully saturated rings. The molecule has 0 saturated carbocycles. The van der Waals surface area contributed by atoms with Crippen LogP contribution in [0.15, 0.2) is 55.0 Å². The number of rotatable bonds is 10. The second-order valence-corrected chi connectivity index (χ2v) is 18.1. The van der Waals surface area contributed by atoms with Crippen molar-refractivity contribution >= 4 is 36.8 Å². The van der Waals surface area contributed by atoms with E-state index in [1.807, 2.05) is 57.2 Å². The van der Waals surface area contributed by atoms with E-state index in [1.54, 1.807) is 32.8 Å². The largest absolute Gasteiger partial charge is 0.497 e. The van der Waals surface area contributed by atoms with Crippen LogP contribution in [0.4, 0.5) is 16.2 Å². The summed E-state index contributed by atoms with van der Waals surface area (Å²) in [6.45, 7) is 18.1. The highest BCUT2D eigenvalue weighted by molar-refractivity contribution is 6.74. The normalized spacial score (nSPS) is 12.3. The molecule has 2 aromatic carbocycles. The summed E-state index contributed by atoms with van der Waals surface area (Å²) in [5.41, 5.74) is 3.96. The number of hydrogen-bond donors (Lipinski definition) is 0. The minimum Gasteiger partial charge on any atom is -0.497 e. The molecule has 0 aliphatic carbocycles. The molecule has 10 nitrogen and oxygen atoms in total. The maximum absolute atomic E-state index is 12.5. The number of benzene rings is 2. The van der Waals surface area contributed by atoms with Crippen LogP contribution in [0, 0.1) is 0 Å². The molecule has 0 aliphatic rings. The van der Waals surface area contributed by atoms with Crippen molar-refractivity contribution in [3.05, 3.63) is 55.0 Å². The first-order valence-corrected chi connectivity index (χ1v) is 17.7. The average molecular weight is 620 g/mol. The average Bonchev–Trinajstić information content (AvgIpc) is 3.45. The summed E-state index contributed by atoms with van der Waals surface area (Å²) in [6.07, 6.45) is 5.13. The van der Waals surface area contributed by atoms with Gasteiger partial charge in [0, 0.05) is 54.5 Å². The minimum absolute atomic E-state index is 0.144. The Bertz CT molecular complexity index is 1580. The predicted molar refractivity (Wildman–Crippen MR) is 177 cm³/mol. The van der Waals surface area contributed by atoms with Crippen LogP contribution < -0.4 is 14.4 Å². The highest BCUT2D eigenvalue weighted by Crippen LogP contribution is 2.37. The molecule has 0 bridgehead atoms. The maximum Gasteiger partial charge on any atom is 0.435 e. The summed E-state index contributed by atoms with van der Waals surface area (Å²) in [5.74, 6) is 1.40. The first-order valence-electron chi connectivity index (χ1n) is 14.8. The van der Waals surface area contributed by atoms with E-state index in [0.29, 0.717) is 41.4 Å². The number of aromatic nitrogens is 4. The van der Waals surface area contributed by atoms with Crippen LogP contribution in [0.1, 0.15) is 48.0 Å². The van der Waals surface area contributed by atoms with Crippen molar-refractivity contribution in [3.63, 3.8) is 0 Å². The Morgan fingerprint density at radius 3 is 2.20 bits per heavy atom. The summed E-state index contributed by atoms with van der Waals surface area (Å²) >= 11 is 0. The second kappa shape index (κ2) is 13.0. The number of fused-ring (bicyclic) bond motifs is 1. The van der Waals surface area contributed by atoms with E-state index >= 15 is 0 Å². The fraction of sp³-hybridized carbons (Fsp3) is 0.455. The summed E-state index contributed by atoms with van der Waals surface area (Å²) in [7, 11) is 1.42. The SMILES string of the molecule is COc1cc(OC)cc(N(CCCO[Si](C)(C)C(C)(C)C)c2ccc3ncc(-c4cnn(C(=O)OC(C)(C)C)c4)nc3c2)c1. The quantitative estimate of drug-likeness (QED) is 0.130. The van der Waals surface area contributed by atoms with Gasteiger partial charge in [-0.25, -0.2) is 9.78 Å². The van der Waals surface area contributed by atoms with Crippen molar-refractivity contribution < 1.29 is 23.4 Å². The van der Waals surface area contributed by atoms with Gasteiger partial charge in [-0.1, -0.05) is 20.8 Å². The lowest BCUT2D eigenvalue weighted by Crippen LogP contribution is -2.41. The molecule has 4 rings (SSSR count). The molecule has 236 valence electrons. The molecule has 0 amide bonds. The number of hydrogen-bond acceptors (Lipinski definition) is 9. The van der Waals surface area contributed by atoms with Crippen molar-refractivity contribution in [2.24, 2.45) is 0 Å². The summed E-state index contributed by atoms with van der Waals surface area (Å²) in [4.78, 5) is 24.2. The molecule has 4 aromatic rings. The van der Waals surface area contributed by atoms with Gasteiger partial charge in [-0.05, 0) is 63.5 Å².